The minimum absolute atomic E-state index is 0.267. The van der Waals surface area contributed by atoms with E-state index in [0.29, 0.717) is 5.92 Å². The second kappa shape index (κ2) is 9.85. The molecule has 0 bridgehead atoms. The van der Waals surface area contributed by atoms with E-state index in [-0.39, 0.29) is 12.7 Å². The number of piperidine rings is 1. The highest BCUT2D eigenvalue weighted by atomic mass is 16.5. The molecule has 6 heteroatoms. The average Bonchev–Trinajstić information content (AvgIpc) is 2.72. The van der Waals surface area contributed by atoms with Crippen LogP contribution >= 0.6 is 0 Å². The van der Waals surface area contributed by atoms with Crippen molar-refractivity contribution in [3.05, 3.63) is 29.3 Å². The molecule has 0 radical (unpaired) electrons. The number of hydrogen-bond donors (Lipinski definition) is 3. The van der Waals surface area contributed by atoms with Crippen molar-refractivity contribution in [2.45, 2.75) is 45.1 Å². The molecule has 3 rings (SSSR count). The largest absolute Gasteiger partial charge is 0.396 e. The molecule has 27 heavy (non-hydrogen) atoms. The Kier molecular flexibility index (Phi) is 7.24. The van der Waals surface area contributed by atoms with Gasteiger partial charge >= 0.3 is 0 Å². The monoisotopic (exact) mass is 373 g/mol. The highest BCUT2D eigenvalue weighted by molar-refractivity contribution is 6.36. The molecule has 6 nitrogen and oxygen atoms in total. The van der Waals surface area contributed by atoms with Crippen molar-refractivity contribution in [3.8, 4) is 0 Å². The minimum atomic E-state index is 0.267. The zero-order chi connectivity index (χ0) is 19.1. The van der Waals surface area contributed by atoms with Crippen molar-refractivity contribution in [1.29, 1.82) is 0 Å². The van der Waals surface area contributed by atoms with Gasteiger partial charge in [-0.15, -0.1) is 0 Å². The Morgan fingerprint density at radius 2 is 2.26 bits per heavy atom. The Labute approximate surface area is 162 Å². The van der Waals surface area contributed by atoms with E-state index < -0.39 is 0 Å². The summed E-state index contributed by atoms with van der Waals surface area (Å²) in [5.74, 6) is 6.03. The first-order valence-corrected chi connectivity index (χ1v) is 10.1. The van der Waals surface area contributed by atoms with Gasteiger partial charge in [-0.25, -0.2) is 4.99 Å². The van der Waals surface area contributed by atoms with E-state index >= 15 is 0 Å². The van der Waals surface area contributed by atoms with Crippen LogP contribution in [-0.4, -0.2) is 56.0 Å². The van der Waals surface area contributed by atoms with E-state index in [2.05, 4.69) is 40.1 Å². The molecule has 0 aromatic heterocycles. The van der Waals surface area contributed by atoms with Gasteiger partial charge in [0, 0.05) is 37.6 Å². The predicted molar refractivity (Wildman–Crippen MR) is 109 cm³/mol. The third-order valence-corrected chi connectivity index (χ3v) is 5.63. The second-order valence-electron chi connectivity index (χ2n) is 7.69. The van der Waals surface area contributed by atoms with Crippen LogP contribution in [0.3, 0.4) is 0 Å². The van der Waals surface area contributed by atoms with Crippen molar-refractivity contribution in [1.82, 2.24) is 0 Å². The smallest absolute Gasteiger partial charge is 0.190 e. The SMILES string of the molecule is Cc1cc(N2CCCC(CO)C2)ccc1/C(C=[NH+]CC1CCCCO1)=N/N. The lowest BCUT2D eigenvalue weighted by atomic mass is 9.97. The van der Waals surface area contributed by atoms with Gasteiger partial charge < -0.3 is 20.6 Å². The summed E-state index contributed by atoms with van der Waals surface area (Å²) >= 11 is 0. The number of anilines is 1. The Hall–Kier alpha value is -1.92. The highest BCUT2D eigenvalue weighted by Gasteiger charge is 2.20. The molecule has 2 fully saturated rings. The van der Waals surface area contributed by atoms with Crippen molar-refractivity contribution in [2.75, 3.05) is 37.7 Å². The van der Waals surface area contributed by atoms with Crippen LogP contribution in [0.25, 0.3) is 0 Å². The van der Waals surface area contributed by atoms with E-state index in [0.717, 1.165) is 68.8 Å². The van der Waals surface area contributed by atoms with Gasteiger partial charge in [-0.05, 0) is 62.6 Å². The van der Waals surface area contributed by atoms with E-state index in [9.17, 15) is 5.11 Å². The molecular formula is C21H33N4O2+. The van der Waals surface area contributed by atoms with Crippen molar-refractivity contribution in [3.63, 3.8) is 0 Å². The summed E-state index contributed by atoms with van der Waals surface area (Å²) in [7, 11) is 0. The van der Waals surface area contributed by atoms with Crippen molar-refractivity contribution in [2.24, 2.45) is 16.9 Å². The van der Waals surface area contributed by atoms with E-state index in [1.54, 1.807) is 0 Å². The number of hydrogen-bond acceptors (Lipinski definition) is 5. The molecule has 1 aromatic carbocycles. The molecule has 2 aliphatic rings. The minimum Gasteiger partial charge on any atom is -0.396 e. The number of aliphatic hydroxyl groups excluding tert-OH is 1. The van der Waals surface area contributed by atoms with Gasteiger partial charge in [0.2, 0.25) is 0 Å². The number of hydrazone groups is 1. The quantitative estimate of drug-likeness (QED) is 0.387. The number of ether oxygens (including phenoxy) is 1. The number of aliphatic hydroxyl groups is 1. The first-order valence-electron chi connectivity index (χ1n) is 10.1. The summed E-state index contributed by atoms with van der Waals surface area (Å²) in [5, 5.41) is 13.4. The summed E-state index contributed by atoms with van der Waals surface area (Å²) < 4.78 is 5.75. The van der Waals surface area contributed by atoms with Crippen LogP contribution in [-0.2, 0) is 4.74 Å². The first-order chi connectivity index (χ1) is 13.2. The van der Waals surface area contributed by atoms with Crippen LogP contribution in [0.15, 0.2) is 23.3 Å². The maximum atomic E-state index is 9.46. The van der Waals surface area contributed by atoms with Crippen LogP contribution in [0.4, 0.5) is 5.69 Å². The molecule has 0 spiro atoms. The zero-order valence-electron chi connectivity index (χ0n) is 16.4. The summed E-state index contributed by atoms with van der Waals surface area (Å²) in [5.41, 5.74) is 4.14. The molecule has 2 unspecified atom stereocenters. The first kappa shape index (κ1) is 19.8. The van der Waals surface area contributed by atoms with Crippen LogP contribution in [0.2, 0.25) is 0 Å². The van der Waals surface area contributed by atoms with E-state index in [4.69, 9.17) is 10.6 Å². The Morgan fingerprint density at radius 3 is 2.96 bits per heavy atom. The maximum absolute atomic E-state index is 9.46. The molecule has 0 saturated carbocycles. The highest BCUT2D eigenvalue weighted by Crippen LogP contribution is 2.25. The Balaban J connectivity index is 1.66. The van der Waals surface area contributed by atoms with Gasteiger partial charge in [-0.2, -0.15) is 5.10 Å². The van der Waals surface area contributed by atoms with Gasteiger partial charge in [-0.1, -0.05) is 6.07 Å². The third-order valence-electron chi connectivity index (χ3n) is 5.63. The fourth-order valence-electron chi connectivity index (χ4n) is 4.02. The number of rotatable bonds is 6. The summed E-state index contributed by atoms with van der Waals surface area (Å²) in [6, 6.07) is 6.41. The summed E-state index contributed by atoms with van der Waals surface area (Å²) in [6.45, 7) is 5.97. The van der Waals surface area contributed by atoms with Crippen molar-refractivity contribution >= 4 is 17.6 Å². The molecule has 2 heterocycles. The standard InChI is InChI=1S/C21H32N4O2/c1-16-11-18(25-9-4-5-17(14-25)15-26)7-8-20(16)21(24-22)13-23-12-19-6-2-3-10-27-19/h7-8,11,13,17,19,26H,2-6,9-10,12,14-15,22H2,1H3/p+1/b23-13?,24-21+. The molecule has 148 valence electrons. The number of benzene rings is 1. The number of aryl methyl sites for hydroxylation is 1. The van der Waals surface area contributed by atoms with Crippen LogP contribution < -0.4 is 15.7 Å². The number of nitrogens with one attached hydrogen (secondary N) is 1. The van der Waals surface area contributed by atoms with Gasteiger partial charge in [0.1, 0.15) is 6.10 Å². The normalized spacial score (nSPS) is 24.5. The molecule has 2 aliphatic heterocycles. The number of nitrogens with zero attached hydrogens (tertiary/aromatic N) is 2. The lowest BCUT2D eigenvalue weighted by Gasteiger charge is -2.34. The van der Waals surface area contributed by atoms with Crippen LogP contribution in [0.1, 0.15) is 43.2 Å². The van der Waals surface area contributed by atoms with E-state index in [1.165, 1.54) is 12.1 Å². The molecule has 2 saturated heterocycles. The fourth-order valence-corrected chi connectivity index (χ4v) is 4.02. The van der Waals surface area contributed by atoms with Crippen molar-refractivity contribution < 1.29 is 14.8 Å². The molecule has 0 amide bonds. The Bertz CT molecular complexity index is 668. The summed E-state index contributed by atoms with van der Waals surface area (Å²) in [6.07, 6.45) is 7.91. The van der Waals surface area contributed by atoms with E-state index in [1.807, 2.05) is 6.21 Å². The molecule has 4 N–H and O–H groups in total. The van der Waals surface area contributed by atoms with Gasteiger partial charge in [0.25, 0.3) is 0 Å². The Morgan fingerprint density at radius 1 is 1.37 bits per heavy atom. The molecule has 0 aliphatic carbocycles. The fraction of sp³-hybridized carbons (Fsp3) is 0.619. The topological polar surface area (TPSA) is 85.0 Å². The summed E-state index contributed by atoms with van der Waals surface area (Å²) in [4.78, 5) is 5.69. The average molecular weight is 374 g/mol. The molecular weight excluding hydrogens is 340 g/mol. The lowest BCUT2D eigenvalue weighted by molar-refractivity contribution is -0.465. The van der Waals surface area contributed by atoms with Gasteiger partial charge in [-0.3, -0.25) is 0 Å². The van der Waals surface area contributed by atoms with Crippen LogP contribution in [0.5, 0.6) is 0 Å². The van der Waals surface area contributed by atoms with Gasteiger partial charge in [0.15, 0.2) is 18.5 Å². The molecule has 1 aromatic rings. The molecule has 2 atom stereocenters. The van der Waals surface area contributed by atoms with Gasteiger partial charge in [0.05, 0.1) is 0 Å². The maximum Gasteiger partial charge on any atom is 0.190 e. The predicted octanol–water partition coefficient (Wildman–Crippen LogP) is 0.587. The lowest BCUT2D eigenvalue weighted by Crippen LogP contribution is -2.73. The third kappa shape index (κ3) is 5.30. The number of nitrogens with two attached hydrogens (primary N) is 1. The van der Waals surface area contributed by atoms with Crippen LogP contribution in [0, 0.1) is 12.8 Å². The second-order valence-corrected chi connectivity index (χ2v) is 7.69. The zero-order valence-corrected chi connectivity index (χ0v) is 16.4.